The zero-order valence-electron chi connectivity index (χ0n) is 9.65. The fourth-order valence-electron chi connectivity index (χ4n) is 1.51. The Morgan fingerprint density at radius 1 is 1.35 bits per heavy atom. The van der Waals surface area contributed by atoms with Crippen LogP contribution < -0.4 is 11.3 Å². The monoisotopic (exact) mass is 247 g/mol. The van der Waals surface area contributed by atoms with E-state index in [2.05, 4.69) is 9.97 Å². The zero-order chi connectivity index (χ0) is 12.4. The molecular weight excluding hydrogens is 234 g/mol. The lowest BCUT2D eigenvalue weighted by Crippen LogP contribution is -2.08. The molecule has 0 aliphatic heterocycles. The molecule has 0 aliphatic carbocycles. The first-order valence-corrected chi connectivity index (χ1v) is 5.99. The van der Waals surface area contributed by atoms with Crippen molar-refractivity contribution in [3.8, 4) is 0 Å². The minimum absolute atomic E-state index is 0.146. The molecule has 0 aliphatic rings. The molecule has 3 N–H and O–H groups in total. The molecule has 5 heteroatoms. The number of hydrogen-bond donors (Lipinski definition) is 2. The van der Waals surface area contributed by atoms with Gasteiger partial charge in [-0.25, -0.2) is 4.98 Å². The number of rotatable bonds is 2. The molecule has 4 nitrogen and oxygen atoms in total. The standard InChI is InChI=1S/C12H13N3OS/c1-7-4-3-5-9(13)11(7)17-12-14-8(2)6-10(16)15-12/h3-6H,13H2,1-2H3,(H,14,15,16). The fourth-order valence-corrected chi connectivity index (χ4v) is 2.46. The third kappa shape index (κ3) is 2.68. The van der Waals surface area contributed by atoms with Gasteiger partial charge in [0.2, 0.25) is 0 Å². The predicted octanol–water partition coefficient (Wildman–Crippen LogP) is 2.12. The molecule has 0 atom stereocenters. The normalized spacial score (nSPS) is 10.5. The Bertz CT molecular complexity index is 587. The van der Waals surface area contributed by atoms with E-state index in [1.165, 1.54) is 17.8 Å². The van der Waals surface area contributed by atoms with Gasteiger partial charge >= 0.3 is 0 Å². The molecule has 0 saturated heterocycles. The van der Waals surface area contributed by atoms with Gasteiger partial charge in [0.15, 0.2) is 5.16 Å². The van der Waals surface area contributed by atoms with E-state index in [4.69, 9.17) is 5.73 Å². The van der Waals surface area contributed by atoms with Crippen LogP contribution in [-0.2, 0) is 0 Å². The van der Waals surface area contributed by atoms with Crippen molar-refractivity contribution in [3.63, 3.8) is 0 Å². The Labute approximate surface area is 103 Å². The number of benzene rings is 1. The fraction of sp³-hybridized carbons (Fsp3) is 0.167. The van der Waals surface area contributed by atoms with E-state index in [1.807, 2.05) is 25.1 Å². The number of nitrogens with zero attached hydrogens (tertiary/aromatic N) is 1. The SMILES string of the molecule is Cc1cc(=O)[nH]c(Sc2c(C)cccc2N)n1. The van der Waals surface area contributed by atoms with Gasteiger partial charge in [0.25, 0.3) is 5.56 Å². The summed E-state index contributed by atoms with van der Waals surface area (Å²) in [6.45, 7) is 3.77. The lowest BCUT2D eigenvalue weighted by molar-refractivity contribution is 0.905. The molecule has 0 radical (unpaired) electrons. The third-order valence-electron chi connectivity index (χ3n) is 2.29. The summed E-state index contributed by atoms with van der Waals surface area (Å²) >= 11 is 1.38. The molecule has 0 bridgehead atoms. The van der Waals surface area contributed by atoms with Crippen LogP contribution in [0.25, 0.3) is 0 Å². The van der Waals surface area contributed by atoms with Gasteiger partial charge in [-0.2, -0.15) is 0 Å². The van der Waals surface area contributed by atoms with Gasteiger partial charge in [-0.3, -0.25) is 4.79 Å². The summed E-state index contributed by atoms with van der Waals surface area (Å²) in [5, 5.41) is 0.566. The first-order valence-electron chi connectivity index (χ1n) is 5.17. The van der Waals surface area contributed by atoms with E-state index in [9.17, 15) is 4.79 Å². The number of aromatic nitrogens is 2. The second-order valence-corrected chi connectivity index (χ2v) is 4.79. The van der Waals surface area contributed by atoms with Crippen molar-refractivity contribution < 1.29 is 0 Å². The number of hydrogen-bond acceptors (Lipinski definition) is 4. The lowest BCUT2D eigenvalue weighted by Gasteiger charge is -2.07. The minimum Gasteiger partial charge on any atom is -0.398 e. The quantitative estimate of drug-likeness (QED) is 0.630. The average molecular weight is 247 g/mol. The number of aromatic amines is 1. The Kier molecular flexibility index (Phi) is 3.19. The summed E-state index contributed by atoms with van der Waals surface area (Å²) in [4.78, 5) is 19.2. The number of nitrogen functional groups attached to an aromatic ring is 1. The molecular formula is C12H13N3OS. The zero-order valence-corrected chi connectivity index (χ0v) is 10.5. The molecule has 0 saturated carbocycles. The maximum atomic E-state index is 11.3. The molecule has 88 valence electrons. The van der Waals surface area contributed by atoms with Crippen molar-refractivity contribution in [2.75, 3.05) is 5.73 Å². The predicted molar refractivity (Wildman–Crippen MR) is 69.3 cm³/mol. The second kappa shape index (κ2) is 4.63. The highest BCUT2D eigenvalue weighted by Gasteiger charge is 2.07. The number of aryl methyl sites for hydroxylation is 2. The number of nitrogens with one attached hydrogen (secondary N) is 1. The average Bonchev–Trinajstić information content (AvgIpc) is 2.22. The van der Waals surface area contributed by atoms with Crippen LogP contribution in [0.2, 0.25) is 0 Å². The Balaban J connectivity index is 2.41. The third-order valence-corrected chi connectivity index (χ3v) is 3.44. The van der Waals surface area contributed by atoms with E-state index in [-0.39, 0.29) is 5.56 Å². The smallest absolute Gasteiger partial charge is 0.251 e. The Hall–Kier alpha value is -1.75. The molecule has 2 aromatic rings. The van der Waals surface area contributed by atoms with Gasteiger partial charge in [0.1, 0.15) is 0 Å². The molecule has 2 rings (SSSR count). The highest BCUT2D eigenvalue weighted by atomic mass is 32.2. The first-order chi connectivity index (χ1) is 8.06. The summed E-state index contributed by atoms with van der Waals surface area (Å²) in [6, 6.07) is 7.18. The summed E-state index contributed by atoms with van der Waals surface area (Å²) in [7, 11) is 0. The topological polar surface area (TPSA) is 71.8 Å². The van der Waals surface area contributed by atoms with E-state index in [1.54, 1.807) is 6.92 Å². The van der Waals surface area contributed by atoms with E-state index < -0.39 is 0 Å². The number of anilines is 1. The van der Waals surface area contributed by atoms with E-state index >= 15 is 0 Å². The van der Waals surface area contributed by atoms with E-state index in [0.717, 1.165) is 10.5 Å². The van der Waals surface area contributed by atoms with Crippen LogP contribution in [-0.4, -0.2) is 9.97 Å². The molecule has 1 heterocycles. The van der Waals surface area contributed by atoms with Gasteiger partial charge in [-0.15, -0.1) is 0 Å². The van der Waals surface area contributed by atoms with E-state index in [0.29, 0.717) is 16.5 Å². The maximum Gasteiger partial charge on any atom is 0.251 e. The summed E-state index contributed by atoms with van der Waals surface area (Å²) < 4.78 is 0. The van der Waals surface area contributed by atoms with Crippen LogP contribution in [0.1, 0.15) is 11.3 Å². The Morgan fingerprint density at radius 2 is 2.12 bits per heavy atom. The first kappa shape index (κ1) is 11.7. The van der Waals surface area contributed by atoms with Gasteiger partial charge < -0.3 is 10.7 Å². The van der Waals surface area contributed by atoms with Crippen molar-refractivity contribution in [1.29, 1.82) is 0 Å². The summed E-state index contributed by atoms with van der Waals surface area (Å²) in [6.07, 6.45) is 0. The van der Waals surface area contributed by atoms with Crippen LogP contribution in [0.4, 0.5) is 5.69 Å². The summed E-state index contributed by atoms with van der Waals surface area (Å²) in [5.41, 5.74) is 8.22. The highest BCUT2D eigenvalue weighted by Crippen LogP contribution is 2.32. The van der Waals surface area contributed by atoms with Crippen LogP contribution in [0.3, 0.4) is 0 Å². The lowest BCUT2D eigenvalue weighted by atomic mass is 10.2. The van der Waals surface area contributed by atoms with Crippen molar-refractivity contribution in [1.82, 2.24) is 9.97 Å². The molecule has 0 spiro atoms. The highest BCUT2D eigenvalue weighted by molar-refractivity contribution is 7.99. The van der Waals surface area contributed by atoms with Crippen LogP contribution in [0.15, 0.2) is 39.1 Å². The van der Waals surface area contributed by atoms with Gasteiger partial charge in [-0.05, 0) is 37.2 Å². The van der Waals surface area contributed by atoms with Crippen LogP contribution in [0, 0.1) is 13.8 Å². The van der Waals surface area contributed by atoms with Gasteiger partial charge in [0, 0.05) is 22.3 Å². The molecule has 1 aromatic carbocycles. The van der Waals surface area contributed by atoms with Gasteiger partial charge in [0.05, 0.1) is 0 Å². The maximum absolute atomic E-state index is 11.3. The molecule has 1 aromatic heterocycles. The number of nitrogens with two attached hydrogens (primary N) is 1. The van der Waals surface area contributed by atoms with Crippen LogP contribution >= 0.6 is 11.8 Å². The van der Waals surface area contributed by atoms with Gasteiger partial charge in [-0.1, -0.05) is 12.1 Å². The molecule has 0 amide bonds. The minimum atomic E-state index is -0.146. The summed E-state index contributed by atoms with van der Waals surface area (Å²) in [5.74, 6) is 0. The largest absolute Gasteiger partial charge is 0.398 e. The van der Waals surface area contributed by atoms with Crippen LogP contribution in [0.5, 0.6) is 0 Å². The Morgan fingerprint density at radius 3 is 2.76 bits per heavy atom. The molecule has 0 unspecified atom stereocenters. The number of H-pyrrole nitrogens is 1. The van der Waals surface area contributed by atoms with Crippen molar-refractivity contribution in [2.45, 2.75) is 23.9 Å². The van der Waals surface area contributed by atoms with Crippen molar-refractivity contribution in [3.05, 3.63) is 45.9 Å². The van der Waals surface area contributed by atoms with Crippen molar-refractivity contribution >= 4 is 17.4 Å². The van der Waals surface area contributed by atoms with Crippen molar-refractivity contribution in [2.24, 2.45) is 0 Å². The molecule has 0 fully saturated rings. The second-order valence-electron chi connectivity index (χ2n) is 3.79. The molecule has 17 heavy (non-hydrogen) atoms.